The Balaban J connectivity index is 1.77. The van der Waals surface area contributed by atoms with E-state index in [0.717, 1.165) is 17.5 Å². The zero-order valence-electron chi connectivity index (χ0n) is 17.6. The minimum Gasteiger partial charge on any atom is -0.379 e. The van der Waals surface area contributed by atoms with Gasteiger partial charge in [-0.3, -0.25) is 9.59 Å². The van der Waals surface area contributed by atoms with E-state index < -0.39 is 0 Å². The Bertz CT molecular complexity index is 1040. The molecule has 0 aliphatic rings. The van der Waals surface area contributed by atoms with E-state index in [1.807, 2.05) is 37.3 Å². The monoisotopic (exact) mass is 419 g/mol. The lowest BCUT2D eigenvalue weighted by Crippen LogP contribution is -2.28. The number of hydrogen-bond donors (Lipinski definition) is 3. The molecular weight excluding hydrogens is 393 g/mol. The van der Waals surface area contributed by atoms with Crippen LogP contribution in [-0.2, 0) is 11.3 Å². The summed E-state index contributed by atoms with van der Waals surface area (Å²) in [4.78, 5) is 24.6. The quantitative estimate of drug-likeness (QED) is 0.465. The molecular formula is C25H26FN3O2. The predicted molar refractivity (Wildman–Crippen MR) is 121 cm³/mol. The minimum absolute atomic E-state index is 0.103. The van der Waals surface area contributed by atoms with Crippen LogP contribution in [0.1, 0.15) is 47.8 Å². The van der Waals surface area contributed by atoms with Gasteiger partial charge in [0.1, 0.15) is 5.82 Å². The molecule has 3 aromatic rings. The van der Waals surface area contributed by atoms with Crippen molar-refractivity contribution in [3.8, 4) is 0 Å². The zero-order chi connectivity index (χ0) is 22.2. The van der Waals surface area contributed by atoms with Crippen molar-refractivity contribution in [2.75, 3.05) is 10.6 Å². The number of carbonyl (C=O) groups is 2. The van der Waals surface area contributed by atoms with Crippen LogP contribution in [-0.4, -0.2) is 11.8 Å². The normalized spacial score (nSPS) is 11.5. The Morgan fingerprint density at radius 3 is 2.29 bits per heavy atom. The topological polar surface area (TPSA) is 70.2 Å². The number of halogens is 1. The highest BCUT2D eigenvalue weighted by molar-refractivity contribution is 5.99. The highest BCUT2D eigenvalue weighted by atomic mass is 19.1. The average molecular weight is 420 g/mol. The minimum atomic E-state index is -0.293. The summed E-state index contributed by atoms with van der Waals surface area (Å²) >= 11 is 0. The van der Waals surface area contributed by atoms with Gasteiger partial charge in [0.05, 0.1) is 17.4 Å². The van der Waals surface area contributed by atoms with Gasteiger partial charge in [-0.05, 0) is 47.9 Å². The molecule has 6 heteroatoms. The maximum atomic E-state index is 13.1. The van der Waals surface area contributed by atoms with Gasteiger partial charge in [-0.15, -0.1) is 0 Å². The second kappa shape index (κ2) is 10.4. The van der Waals surface area contributed by atoms with Crippen LogP contribution in [0.15, 0.2) is 72.8 Å². The number of hydrogen-bond acceptors (Lipinski definition) is 3. The van der Waals surface area contributed by atoms with E-state index in [1.165, 1.54) is 19.1 Å². The van der Waals surface area contributed by atoms with Crippen LogP contribution in [0.25, 0.3) is 0 Å². The molecule has 2 amide bonds. The van der Waals surface area contributed by atoms with E-state index >= 15 is 0 Å². The molecule has 0 heterocycles. The molecule has 0 unspecified atom stereocenters. The lowest BCUT2D eigenvalue weighted by atomic mass is 10.0. The first-order chi connectivity index (χ1) is 15.0. The van der Waals surface area contributed by atoms with Gasteiger partial charge >= 0.3 is 0 Å². The molecule has 0 radical (unpaired) electrons. The molecule has 0 aliphatic heterocycles. The lowest BCUT2D eigenvalue weighted by Gasteiger charge is -2.19. The number of benzene rings is 3. The van der Waals surface area contributed by atoms with Crippen LogP contribution in [0.5, 0.6) is 0 Å². The van der Waals surface area contributed by atoms with E-state index in [2.05, 4.69) is 16.0 Å². The van der Waals surface area contributed by atoms with E-state index in [-0.39, 0.29) is 23.7 Å². The summed E-state index contributed by atoms with van der Waals surface area (Å²) in [7, 11) is 0. The maximum Gasteiger partial charge on any atom is 0.251 e. The summed E-state index contributed by atoms with van der Waals surface area (Å²) < 4.78 is 13.1. The molecule has 0 saturated carbocycles. The Hall–Kier alpha value is -3.67. The fourth-order valence-corrected chi connectivity index (χ4v) is 3.28. The van der Waals surface area contributed by atoms with Gasteiger partial charge in [0.15, 0.2) is 0 Å². The van der Waals surface area contributed by atoms with E-state index in [0.29, 0.717) is 23.5 Å². The van der Waals surface area contributed by atoms with Crippen molar-refractivity contribution < 1.29 is 14.0 Å². The Labute approximate surface area is 181 Å². The summed E-state index contributed by atoms with van der Waals surface area (Å²) in [5.74, 6) is -0.746. The molecule has 3 N–H and O–H groups in total. The van der Waals surface area contributed by atoms with Crippen LogP contribution >= 0.6 is 0 Å². The third-order valence-corrected chi connectivity index (χ3v) is 4.90. The van der Waals surface area contributed by atoms with Crippen LogP contribution in [0, 0.1) is 5.82 Å². The zero-order valence-corrected chi connectivity index (χ0v) is 17.6. The third-order valence-electron chi connectivity index (χ3n) is 4.90. The smallest absolute Gasteiger partial charge is 0.251 e. The summed E-state index contributed by atoms with van der Waals surface area (Å²) in [5.41, 5.74) is 3.57. The van der Waals surface area contributed by atoms with Crippen molar-refractivity contribution in [1.82, 2.24) is 5.32 Å². The van der Waals surface area contributed by atoms with Crippen molar-refractivity contribution >= 4 is 23.2 Å². The van der Waals surface area contributed by atoms with Gasteiger partial charge in [-0.2, -0.15) is 0 Å². The van der Waals surface area contributed by atoms with E-state index in [9.17, 15) is 14.0 Å². The Morgan fingerprint density at radius 1 is 0.935 bits per heavy atom. The van der Waals surface area contributed by atoms with Crippen LogP contribution < -0.4 is 16.0 Å². The first-order valence-corrected chi connectivity index (χ1v) is 10.2. The van der Waals surface area contributed by atoms with Crippen molar-refractivity contribution in [3.63, 3.8) is 0 Å². The first kappa shape index (κ1) is 22.0. The molecule has 3 rings (SSSR count). The number of nitrogens with one attached hydrogen (secondary N) is 3. The van der Waals surface area contributed by atoms with Crippen LogP contribution in [0.2, 0.25) is 0 Å². The largest absolute Gasteiger partial charge is 0.379 e. The van der Waals surface area contributed by atoms with Gasteiger partial charge in [-0.25, -0.2) is 4.39 Å². The van der Waals surface area contributed by atoms with Crippen molar-refractivity contribution in [3.05, 3.63) is 95.3 Å². The number of anilines is 2. The fraction of sp³-hybridized carbons (Fsp3) is 0.200. The highest BCUT2D eigenvalue weighted by Crippen LogP contribution is 2.25. The Kier molecular flexibility index (Phi) is 7.38. The Morgan fingerprint density at radius 2 is 1.65 bits per heavy atom. The van der Waals surface area contributed by atoms with Crippen molar-refractivity contribution in [2.24, 2.45) is 0 Å². The third kappa shape index (κ3) is 6.15. The molecule has 0 aliphatic carbocycles. The molecule has 31 heavy (non-hydrogen) atoms. The van der Waals surface area contributed by atoms with Crippen LogP contribution in [0.3, 0.4) is 0 Å². The average Bonchev–Trinajstić information content (AvgIpc) is 2.77. The molecule has 3 aromatic carbocycles. The van der Waals surface area contributed by atoms with Crippen molar-refractivity contribution in [2.45, 2.75) is 32.9 Å². The van der Waals surface area contributed by atoms with Gasteiger partial charge in [-0.1, -0.05) is 49.4 Å². The van der Waals surface area contributed by atoms with Gasteiger partial charge < -0.3 is 16.0 Å². The standard InChI is InChI=1S/C25H26FN3O2/c1-3-22(19-7-5-4-6-8-19)29-25(31)20-11-14-23(24(15-20)28-17(2)30)27-16-18-9-12-21(26)13-10-18/h4-15,22,27H,3,16H2,1-2H3,(H,28,30)(H,29,31)/t22-/m1/s1. The molecule has 0 bridgehead atoms. The molecule has 0 aromatic heterocycles. The SMILES string of the molecule is CC[C@@H](NC(=O)c1ccc(NCc2ccc(F)cc2)c(NC(C)=O)c1)c1ccccc1. The predicted octanol–water partition coefficient (Wildman–Crippen LogP) is 5.28. The van der Waals surface area contributed by atoms with Gasteiger partial charge in [0.2, 0.25) is 5.91 Å². The molecule has 0 saturated heterocycles. The lowest BCUT2D eigenvalue weighted by molar-refractivity contribution is -0.114. The molecule has 1 atom stereocenters. The second-order valence-electron chi connectivity index (χ2n) is 7.27. The fourth-order valence-electron chi connectivity index (χ4n) is 3.28. The molecule has 0 fully saturated rings. The second-order valence-corrected chi connectivity index (χ2v) is 7.27. The summed E-state index contributed by atoms with van der Waals surface area (Å²) in [6.07, 6.45) is 0.756. The molecule has 0 spiro atoms. The first-order valence-electron chi connectivity index (χ1n) is 10.2. The highest BCUT2D eigenvalue weighted by Gasteiger charge is 2.16. The van der Waals surface area contributed by atoms with Crippen molar-refractivity contribution in [1.29, 1.82) is 0 Å². The summed E-state index contributed by atoms with van der Waals surface area (Å²) in [5, 5.41) is 9.06. The van der Waals surface area contributed by atoms with E-state index in [1.54, 1.807) is 30.3 Å². The van der Waals surface area contributed by atoms with Gasteiger partial charge in [0, 0.05) is 19.0 Å². The molecule has 160 valence electrons. The van der Waals surface area contributed by atoms with Gasteiger partial charge in [0.25, 0.3) is 5.91 Å². The maximum absolute atomic E-state index is 13.1. The van der Waals surface area contributed by atoms with E-state index in [4.69, 9.17) is 0 Å². The van der Waals surface area contributed by atoms with Crippen LogP contribution in [0.4, 0.5) is 15.8 Å². The number of rotatable bonds is 8. The number of amides is 2. The summed E-state index contributed by atoms with van der Waals surface area (Å²) in [6.45, 7) is 3.88. The molecule has 5 nitrogen and oxygen atoms in total. The summed E-state index contributed by atoms with van der Waals surface area (Å²) in [6, 6.07) is 21.0. The number of carbonyl (C=O) groups excluding carboxylic acids is 2.